The van der Waals surface area contributed by atoms with Crippen molar-refractivity contribution in [1.29, 1.82) is 0 Å². The summed E-state index contributed by atoms with van der Waals surface area (Å²) in [6.45, 7) is 3.74. The Morgan fingerprint density at radius 2 is 2.35 bits per heavy atom. The monoisotopic (exact) mass is 280 g/mol. The van der Waals surface area contributed by atoms with Gasteiger partial charge in [0.1, 0.15) is 12.3 Å². The summed E-state index contributed by atoms with van der Waals surface area (Å²) in [6.07, 6.45) is 4.87. The standard InChI is InChI=1S/C14H20N2O4/c1-10(16-14(18)12-4-6-20-9-12)13(17)15-7-11-3-2-5-19-8-11/h4,6,9-11H,2-3,5,7-8H2,1H3,(H,15,17)(H,16,18)/t10-,11-/m1/s1. The predicted octanol–water partition coefficient (Wildman–Crippen LogP) is 0.941. The number of hydrogen-bond acceptors (Lipinski definition) is 4. The summed E-state index contributed by atoms with van der Waals surface area (Å²) in [5, 5.41) is 5.47. The molecular weight excluding hydrogens is 260 g/mol. The maximum atomic E-state index is 11.9. The van der Waals surface area contributed by atoms with Crippen molar-refractivity contribution in [3.63, 3.8) is 0 Å². The molecule has 1 fully saturated rings. The summed E-state index contributed by atoms with van der Waals surface area (Å²) in [7, 11) is 0. The lowest BCUT2D eigenvalue weighted by Crippen LogP contribution is -2.46. The second-order valence-electron chi connectivity index (χ2n) is 5.04. The van der Waals surface area contributed by atoms with Gasteiger partial charge in [-0.3, -0.25) is 9.59 Å². The van der Waals surface area contributed by atoms with Gasteiger partial charge in [-0.2, -0.15) is 0 Å². The van der Waals surface area contributed by atoms with E-state index < -0.39 is 6.04 Å². The summed E-state index contributed by atoms with van der Waals surface area (Å²) in [6, 6.07) is 0.973. The van der Waals surface area contributed by atoms with E-state index in [0.717, 1.165) is 19.4 Å². The van der Waals surface area contributed by atoms with Crippen molar-refractivity contribution < 1.29 is 18.7 Å². The lowest BCUT2D eigenvalue weighted by Gasteiger charge is -2.23. The first kappa shape index (κ1) is 14.6. The van der Waals surface area contributed by atoms with Crippen molar-refractivity contribution >= 4 is 11.8 Å². The van der Waals surface area contributed by atoms with Crippen LogP contribution in [0.3, 0.4) is 0 Å². The Bertz CT molecular complexity index is 438. The van der Waals surface area contributed by atoms with Crippen LogP contribution in [-0.4, -0.2) is 37.6 Å². The van der Waals surface area contributed by atoms with Gasteiger partial charge in [0.15, 0.2) is 0 Å². The zero-order valence-electron chi connectivity index (χ0n) is 11.6. The maximum absolute atomic E-state index is 11.9. The van der Waals surface area contributed by atoms with Crippen LogP contribution in [0.15, 0.2) is 23.0 Å². The van der Waals surface area contributed by atoms with Crippen LogP contribution in [0.5, 0.6) is 0 Å². The summed E-state index contributed by atoms with van der Waals surface area (Å²) in [5.41, 5.74) is 0.408. The summed E-state index contributed by atoms with van der Waals surface area (Å²) >= 11 is 0. The zero-order valence-corrected chi connectivity index (χ0v) is 11.6. The lowest BCUT2D eigenvalue weighted by molar-refractivity contribution is -0.123. The first-order valence-electron chi connectivity index (χ1n) is 6.85. The van der Waals surface area contributed by atoms with Crippen molar-refractivity contribution in [3.8, 4) is 0 Å². The van der Waals surface area contributed by atoms with Gasteiger partial charge in [-0.1, -0.05) is 0 Å². The minimum atomic E-state index is -0.582. The van der Waals surface area contributed by atoms with Gasteiger partial charge in [-0.05, 0) is 31.7 Å². The molecular formula is C14H20N2O4. The summed E-state index contributed by atoms with van der Waals surface area (Å²) < 4.78 is 10.2. The minimum Gasteiger partial charge on any atom is -0.472 e. The van der Waals surface area contributed by atoms with Crippen LogP contribution >= 0.6 is 0 Å². The highest BCUT2D eigenvalue weighted by atomic mass is 16.5. The third kappa shape index (κ3) is 4.09. The Labute approximate surface area is 117 Å². The molecule has 1 aliphatic heterocycles. The molecule has 110 valence electrons. The van der Waals surface area contributed by atoms with E-state index in [1.54, 1.807) is 13.0 Å². The fraction of sp³-hybridized carbons (Fsp3) is 0.571. The second kappa shape index (κ2) is 7.09. The number of amides is 2. The normalized spacial score (nSPS) is 20.1. The highest BCUT2D eigenvalue weighted by Crippen LogP contribution is 2.12. The third-order valence-electron chi connectivity index (χ3n) is 3.34. The van der Waals surface area contributed by atoms with Crippen LogP contribution in [0, 0.1) is 5.92 Å². The van der Waals surface area contributed by atoms with Crippen molar-refractivity contribution in [2.24, 2.45) is 5.92 Å². The Balaban J connectivity index is 1.72. The SMILES string of the molecule is C[C@@H](NC(=O)c1ccoc1)C(=O)NC[C@H]1CCCOC1. The molecule has 0 radical (unpaired) electrons. The molecule has 6 heteroatoms. The fourth-order valence-electron chi connectivity index (χ4n) is 2.11. The maximum Gasteiger partial charge on any atom is 0.255 e. The summed E-state index contributed by atoms with van der Waals surface area (Å²) in [4.78, 5) is 23.7. The molecule has 0 bridgehead atoms. The number of rotatable bonds is 5. The topological polar surface area (TPSA) is 80.6 Å². The van der Waals surface area contributed by atoms with Gasteiger partial charge in [0.05, 0.1) is 18.4 Å². The Morgan fingerprint density at radius 1 is 1.50 bits per heavy atom. The van der Waals surface area contributed by atoms with E-state index in [0.29, 0.717) is 24.6 Å². The van der Waals surface area contributed by atoms with Crippen LogP contribution in [0.4, 0.5) is 0 Å². The average molecular weight is 280 g/mol. The van der Waals surface area contributed by atoms with E-state index in [1.165, 1.54) is 12.5 Å². The van der Waals surface area contributed by atoms with Gasteiger partial charge in [0, 0.05) is 13.2 Å². The lowest BCUT2D eigenvalue weighted by atomic mass is 10.0. The van der Waals surface area contributed by atoms with Crippen molar-refractivity contribution in [3.05, 3.63) is 24.2 Å². The van der Waals surface area contributed by atoms with Crippen molar-refractivity contribution in [2.75, 3.05) is 19.8 Å². The molecule has 0 aromatic carbocycles. The molecule has 6 nitrogen and oxygen atoms in total. The Hall–Kier alpha value is -1.82. The number of ether oxygens (including phenoxy) is 1. The first-order chi connectivity index (χ1) is 9.66. The van der Waals surface area contributed by atoms with E-state index in [1.807, 2.05) is 0 Å². The Morgan fingerprint density at radius 3 is 3.00 bits per heavy atom. The van der Waals surface area contributed by atoms with Crippen molar-refractivity contribution in [2.45, 2.75) is 25.8 Å². The molecule has 2 N–H and O–H groups in total. The average Bonchev–Trinajstić information content (AvgIpc) is 3.00. The zero-order chi connectivity index (χ0) is 14.4. The van der Waals surface area contributed by atoms with E-state index in [4.69, 9.17) is 9.15 Å². The van der Waals surface area contributed by atoms with E-state index in [9.17, 15) is 9.59 Å². The largest absolute Gasteiger partial charge is 0.472 e. The molecule has 2 amide bonds. The van der Waals surface area contributed by atoms with Crippen LogP contribution in [0.1, 0.15) is 30.1 Å². The van der Waals surface area contributed by atoms with Gasteiger partial charge < -0.3 is 19.8 Å². The Kier molecular flexibility index (Phi) is 5.17. The number of furan rings is 1. The van der Waals surface area contributed by atoms with Gasteiger partial charge in [0.2, 0.25) is 5.91 Å². The third-order valence-corrected chi connectivity index (χ3v) is 3.34. The number of hydrogen-bond donors (Lipinski definition) is 2. The molecule has 0 spiro atoms. The van der Waals surface area contributed by atoms with E-state index >= 15 is 0 Å². The molecule has 1 aromatic heterocycles. The highest BCUT2D eigenvalue weighted by molar-refractivity contribution is 5.97. The van der Waals surface area contributed by atoms with Crippen molar-refractivity contribution in [1.82, 2.24) is 10.6 Å². The molecule has 0 saturated carbocycles. The van der Waals surface area contributed by atoms with Gasteiger partial charge in [-0.15, -0.1) is 0 Å². The van der Waals surface area contributed by atoms with E-state index in [-0.39, 0.29) is 11.8 Å². The van der Waals surface area contributed by atoms with Gasteiger partial charge in [-0.25, -0.2) is 0 Å². The fourth-order valence-corrected chi connectivity index (χ4v) is 2.11. The second-order valence-corrected chi connectivity index (χ2v) is 5.04. The minimum absolute atomic E-state index is 0.188. The molecule has 2 atom stereocenters. The quantitative estimate of drug-likeness (QED) is 0.841. The molecule has 2 heterocycles. The summed E-state index contributed by atoms with van der Waals surface area (Å²) in [5.74, 6) is -0.140. The van der Waals surface area contributed by atoms with Crippen LogP contribution in [-0.2, 0) is 9.53 Å². The van der Waals surface area contributed by atoms with Gasteiger partial charge in [0.25, 0.3) is 5.91 Å². The molecule has 0 unspecified atom stereocenters. The molecule has 1 aliphatic rings. The molecule has 1 saturated heterocycles. The predicted molar refractivity (Wildman–Crippen MR) is 72.2 cm³/mol. The highest BCUT2D eigenvalue weighted by Gasteiger charge is 2.19. The number of carbonyl (C=O) groups excluding carboxylic acids is 2. The molecule has 1 aromatic rings. The number of carbonyl (C=O) groups is 2. The van der Waals surface area contributed by atoms with Crippen LogP contribution < -0.4 is 10.6 Å². The first-order valence-corrected chi connectivity index (χ1v) is 6.85. The van der Waals surface area contributed by atoms with Crippen LogP contribution in [0.25, 0.3) is 0 Å². The smallest absolute Gasteiger partial charge is 0.255 e. The number of nitrogens with one attached hydrogen (secondary N) is 2. The van der Waals surface area contributed by atoms with Gasteiger partial charge >= 0.3 is 0 Å². The molecule has 20 heavy (non-hydrogen) atoms. The molecule has 0 aliphatic carbocycles. The van der Waals surface area contributed by atoms with E-state index in [2.05, 4.69) is 10.6 Å². The van der Waals surface area contributed by atoms with Crippen LogP contribution in [0.2, 0.25) is 0 Å². The molecule has 2 rings (SSSR count).